The first-order valence-electron chi connectivity index (χ1n) is 7.78. The van der Waals surface area contributed by atoms with Crippen LogP contribution in [0.15, 0.2) is 23.1 Å². The van der Waals surface area contributed by atoms with Gasteiger partial charge in [0.05, 0.1) is 23.7 Å². The number of sulfonamides is 1. The molecule has 0 saturated carbocycles. The van der Waals surface area contributed by atoms with Gasteiger partial charge in [-0.15, -0.1) is 0 Å². The number of aryl methyl sites for hydroxylation is 1. The number of ether oxygens (including phenoxy) is 2. The van der Waals surface area contributed by atoms with E-state index in [1.807, 2.05) is 0 Å². The van der Waals surface area contributed by atoms with Gasteiger partial charge in [0.1, 0.15) is 0 Å². The first-order valence-corrected chi connectivity index (χ1v) is 9.22. The van der Waals surface area contributed by atoms with Crippen LogP contribution in [0.3, 0.4) is 0 Å². The highest BCUT2D eigenvalue weighted by Crippen LogP contribution is 2.28. The van der Waals surface area contributed by atoms with E-state index in [0.29, 0.717) is 24.9 Å². The molecule has 1 saturated heterocycles. The van der Waals surface area contributed by atoms with Crippen LogP contribution in [-0.4, -0.2) is 58.1 Å². The van der Waals surface area contributed by atoms with E-state index >= 15 is 0 Å². The second-order valence-electron chi connectivity index (χ2n) is 5.86. The van der Waals surface area contributed by atoms with E-state index < -0.39 is 16.0 Å². The van der Waals surface area contributed by atoms with Gasteiger partial charge in [-0.3, -0.25) is 0 Å². The summed E-state index contributed by atoms with van der Waals surface area (Å²) in [6, 6.07) is 4.21. The molecule has 0 spiro atoms. The normalized spacial score (nSPS) is 22.3. The third-order valence-electron chi connectivity index (χ3n) is 4.41. The van der Waals surface area contributed by atoms with E-state index in [4.69, 9.17) is 10.5 Å². The van der Waals surface area contributed by atoms with Crippen LogP contribution in [0.1, 0.15) is 28.8 Å². The fraction of sp³-hybridized carbons (Fsp3) is 0.562. The van der Waals surface area contributed by atoms with Gasteiger partial charge in [-0.05, 0) is 37.5 Å². The van der Waals surface area contributed by atoms with Crippen LogP contribution >= 0.6 is 0 Å². The molecular weight excluding hydrogens is 332 g/mol. The van der Waals surface area contributed by atoms with Gasteiger partial charge < -0.3 is 15.2 Å². The van der Waals surface area contributed by atoms with Crippen molar-refractivity contribution in [1.29, 1.82) is 0 Å². The van der Waals surface area contributed by atoms with Crippen molar-refractivity contribution in [2.24, 2.45) is 5.73 Å². The Balaban J connectivity index is 2.41. The largest absolute Gasteiger partial charge is 0.465 e. The van der Waals surface area contributed by atoms with Crippen LogP contribution in [0, 0.1) is 6.92 Å². The van der Waals surface area contributed by atoms with Crippen LogP contribution in [0.2, 0.25) is 0 Å². The van der Waals surface area contributed by atoms with Crippen LogP contribution in [0.4, 0.5) is 0 Å². The number of carbonyl (C=O) groups excluding carboxylic acids is 1. The molecule has 0 aromatic heterocycles. The zero-order chi connectivity index (χ0) is 17.9. The Morgan fingerprint density at radius 2 is 2.08 bits per heavy atom. The summed E-state index contributed by atoms with van der Waals surface area (Å²) in [7, 11) is -0.882. The average molecular weight is 356 g/mol. The van der Waals surface area contributed by atoms with Crippen LogP contribution in [0.25, 0.3) is 0 Å². The summed E-state index contributed by atoms with van der Waals surface area (Å²) < 4.78 is 37.7. The fourth-order valence-corrected chi connectivity index (χ4v) is 4.90. The van der Waals surface area contributed by atoms with Crippen molar-refractivity contribution in [3.8, 4) is 0 Å². The molecule has 0 amide bonds. The van der Waals surface area contributed by atoms with E-state index in [2.05, 4.69) is 4.74 Å². The zero-order valence-corrected chi connectivity index (χ0v) is 15.0. The number of carbonyl (C=O) groups is 1. The van der Waals surface area contributed by atoms with Crippen molar-refractivity contribution in [2.45, 2.75) is 36.8 Å². The second-order valence-corrected chi connectivity index (χ2v) is 7.72. The molecule has 0 bridgehead atoms. The lowest BCUT2D eigenvalue weighted by Gasteiger charge is -2.37. The summed E-state index contributed by atoms with van der Waals surface area (Å²) in [5.74, 6) is -0.570. The molecule has 1 aromatic carbocycles. The van der Waals surface area contributed by atoms with E-state index in [0.717, 1.165) is 0 Å². The third-order valence-corrected chi connectivity index (χ3v) is 6.51. The summed E-state index contributed by atoms with van der Waals surface area (Å²) in [6.07, 6.45) is 1.18. The molecular formula is C16H24N2O5S. The molecule has 0 aliphatic carbocycles. The maximum absolute atomic E-state index is 13.1. The van der Waals surface area contributed by atoms with E-state index in [1.165, 1.54) is 17.5 Å². The number of piperidine rings is 1. The maximum atomic E-state index is 13.1. The standard InChI is InChI=1S/C16H24N2O5S/c1-11-4-5-12(16(19)23-3)8-15(11)24(20,21)18-7-6-14(22-2)9-13(18)10-17/h4-5,8,13-14H,6-7,9-10,17H2,1-3H3. The molecule has 1 fully saturated rings. The molecule has 0 radical (unpaired) electrons. The Morgan fingerprint density at radius 3 is 2.67 bits per heavy atom. The Morgan fingerprint density at radius 1 is 1.38 bits per heavy atom. The Hall–Kier alpha value is -1.48. The highest BCUT2D eigenvalue weighted by atomic mass is 32.2. The van der Waals surface area contributed by atoms with Crippen molar-refractivity contribution < 1.29 is 22.7 Å². The number of hydrogen-bond donors (Lipinski definition) is 1. The highest BCUT2D eigenvalue weighted by Gasteiger charge is 2.37. The van der Waals surface area contributed by atoms with Gasteiger partial charge in [0.25, 0.3) is 0 Å². The van der Waals surface area contributed by atoms with Gasteiger partial charge in [0.2, 0.25) is 10.0 Å². The number of benzene rings is 1. The summed E-state index contributed by atoms with van der Waals surface area (Å²) in [4.78, 5) is 11.8. The number of rotatable bonds is 5. The van der Waals surface area contributed by atoms with E-state index in [1.54, 1.807) is 26.2 Å². The second kappa shape index (κ2) is 7.60. The van der Waals surface area contributed by atoms with E-state index in [9.17, 15) is 13.2 Å². The third kappa shape index (κ3) is 3.61. The lowest BCUT2D eigenvalue weighted by Crippen LogP contribution is -2.51. The topological polar surface area (TPSA) is 98.9 Å². The summed E-state index contributed by atoms with van der Waals surface area (Å²) in [5, 5.41) is 0. The fourth-order valence-electron chi connectivity index (χ4n) is 2.99. The number of methoxy groups -OCH3 is 2. The molecule has 1 heterocycles. The molecule has 2 N–H and O–H groups in total. The summed E-state index contributed by atoms with van der Waals surface area (Å²) in [5.41, 5.74) is 6.57. The van der Waals surface area contributed by atoms with Gasteiger partial charge in [-0.2, -0.15) is 4.31 Å². The SMILES string of the molecule is COC(=O)c1ccc(C)c(S(=O)(=O)N2CCC(OC)CC2CN)c1. The molecule has 1 aliphatic rings. The lowest BCUT2D eigenvalue weighted by molar-refractivity contribution is 0.0401. The predicted molar refractivity (Wildman–Crippen MR) is 89.3 cm³/mol. The molecule has 2 rings (SSSR count). The minimum Gasteiger partial charge on any atom is -0.465 e. The molecule has 8 heteroatoms. The van der Waals surface area contributed by atoms with Crippen molar-refractivity contribution >= 4 is 16.0 Å². The Bertz CT molecular complexity index is 704. The van der Waals surface area contributed by atoms with Crippen molar-refractivity contribution in [2.75, 3.05) is 27.3 Å². The van der Waals surface area contributed by atoms with Crippen molar-refractivity contribution in [3.05, 3.63) is 29.3 Å². The molecule has 2 unspecified atom stereocenters. The zero-order valence-electron chi connectivity index (χ0n) is 14.2. The van der Waals surface area contributed by atoms with Gasteiger partial charge in [-0.25, -0.2) is 13.2 Å². The average Bonchev–Trinajstić information content (AvgIpc) is 2.60. The Labute approximate surface area is 142 Å². The smallest absolute Gasteiger partial charge is 0.337 e. The minimum absolute atomic E-state index is 0.00694. The van der Waals surface area contributed by atoms with Gasteiger partial charge in [-0.1, -0.05) is 6.07 Å². The van der Waals surface area contributed by atoms with Crippen LogP contribution in [-0.2, 0) is 19.5 Å². The van der Waals surface area contributed by atoms with Crippen LogP contribution < -0.4 is 5.73 Å². The van der Waals surface area contributed by atoms with Crippen molar-refractivity contribution in [3.63, 3.8) is 0 Å². The quantitative estimate of drug-likeness (QED) is 0.787. The number of nitrogens with two attached hydrogens (primary N) is 1. The first-order chi connectivity index (χ1) is 11.3. The van der Waals surface area contributed by atoms with Gasteiger partial charge >= 0.3 is 5.97 Å². The molecule has 134 valence electrons. The highest BCUT2D eigenvalue weighted by molar-refractivity contribution is 7.89. The molecule has 2 atom stereocenters. The number of esters is 1. The molecule has 1 aliphatic heterocycles. The molecule has 24 heavy (non-hydrogen) atoms. The maximum Gasteiger partial charge on any atom is 0.337 e. The van der Waals surface area contributed by atoms with Crippen molar-refractivity contribution in [1.82, 2.24) is 4.31 Å². The number of nitrogens with zero attached hydrogens (tertiary/aromatic N) is 1. The van der Waals surface area contributed by atoms with E-state index in [-0.39, 0.29) is 29.1 Å². The first kappa shape index (κ1) is 18.9. The summed E-state index contributed by atoms with van der Waals surface area (Å²) >= 11 is 0. The minimum atomic E-state index is -3.76. The lowest BCUT2D eigenvalue weighted by atomic mass is 10.0. The van der Waals surface area contributed by atoms with Gasteiger partial charge in [0.15, 0.2) is 0 Å². The Kier molecular flexibility index (Phi) is 5.97. The molecule has 7 nitrogen and oxygen atoms in total. The summed E-state index contributed by atoms with van der Waals surface area (Å²) in [6.45, 7) is 2.26. The number of hydrogen-bond acceptors (Lipinski definition) is 6. The van der Waals surface area contributed by atoms with Crippen LogP contribution in [0.5, 0.6) is 0 Å². The predicted octanol–water partition coefficient (Wildman–Crippen LogP) is 0.908. The monoisotopic (exact) mass is 356 g/mol. The van der Waals surface area contributed by atoms with Gasteiger partial charge in [0, 0.05) is 26.2 Å². The molecule has 1 aromatic rings.